The summed E-state index contributed by atoms with van der Waals surface area (Å²) in [5.41, 5.74) is 2.40. The highest BCUT2D eigenvalue weighted by Gasteiger charge is 2.07. The molecule has 4 heteroatoms. The van der Waals surface area contributed by atoms with Gasteiger partial charge >= 0.3 is 5.97 Å². The second-order valence-corrected chi connectivity index (χ2v) is 4.60. The van der Waals surface area contributed by atoms with Crippen LogP contribution in [0.4, 0.5) is 0 Å². The minimum Gasteiger partial charge on any atom is -0.494 e. The van der Waals surface area contributed by atoms with Gasteiger partial charge < -0.3 is 9.47 Å². The van der Waals surface area contributed by atoms with E-state index in [4.69, 9.17) is 4.74 Å². The molecule has 19 heavy (non-hydrogen) atoms. The van der Waals surface area contributed by atoms with Crippen LogP contribution >= 0.6 is 0 Å². The van der Waals surface area contributed by atoms with Crippen LogP contribution in [0, 0.1) is 6.92 Å². The topological polar surface area (TPSA) is 38.8 Å². The molecule has 0 saturated heterocycles. The average Bonchev–Trinajstić information content (AvgIpc) is 2.39. The monoisotopic (exact) mass is 265 g/mol. The van der Waals surface area contributed by atoms with Crippen molar-refractivity contribution in [2.75, 3.05) is 33.9 Å². The number of nitrogens with zero attached hydrogens (tertiary/aromatic N) is 1. The molecule has 0 spiro atoms. The molecule has 0 aromatic heterocycles. The van der Waals surface area contributed by atoms with E-state index in [1.165, 1.54) is 12.7 Å². The van der Waals surface area contributed by atoms with E-state index in [-0.39, 0.29) is 5.97 Å². The van der Waals surface area contributed by atoms with Crippen molar-refractivity contribution in [3.63, 3.8) is 0 Å². The van der Waals surface area contributed by atoms with Crippen LogP contribution in [-0.2, 0) is 16.0 Å². The average molecular weight is 265 g/mol. The SMILES string of the molecule is CCOc1ccc(CCN(C)CC(=O)OC)cc1C. The highest BCUT2D eigenvalue weighted by atomic mass is 16.5. The molecule has 0 fully saturated rings. The van der Waals surface area contributed by atoms with Crippen molar-refractivity contribution in [2.24, 2.45) is 0 Å². The van der Waals surface area contributed by atoms with E-state index >= 15 is 0 Å². The first kappa shape index (κ1) is 15.5. The first-order valence-corrected chi connectivity index (χ1v) is 6.54. The van der Waals surface area contributed by atoms with Crippen LogP contribution in [0.25, 0.3) is 0 Å². The molecule has 0 N–H and O–H groups in total. The third-order valence-electron chi connectivity index (χ3n) is 2.95. The zero-order valence-corrected chi connectivity index (χ0v) is 12.2. The van der Waals surface area contributed by atoms with E-state index in [0.29, 0.717) is 13.2 Å². The maximum Gasteiger partial charge on any atom is 0.319 e. The highest BCUT2D eigenvalue weighted by molar-refractivity contribution is 5.71. The van der Waals surface area contributed by atoms with Crippen molar-refractivity contribution in [3.05, 3.63) is 29.3 Å². The maximum atomic E-state index is 11.1. The summed E-state index contributed by atoms with van der Waals surface area (Å²) in [6.07, 6.45) is 0.904. The summed E-state index contributed by atoms with van der Waals surface area (Å²) >= 11 is 0. The van der Waals surface area contributed by atoms with Gasteiger partial charge in [-0.3, -0.25) is 9.69 Å². The Morgan fingerprint density at radius 3 is 2.68 bits per heavy atom. The van der Waals surface area contributed by atoms with Crippen LogP contribution < -0.4 is 4.74 Å². The molecular formula is C15H23NO3. The van der Waals surface area contributed by atoms with Gasteiger partial charge in [0.1, 0.15) is 5.75 Å². The highest BCUT2D eigenvalue weighted by Crippen LogP contribution is 2.19. The molecule has 0 bridgehead atoms. The van der Waals surface area contributed by atoms with Crippen molar-refractivity contribution in [2.45, 2.75) is 20.3 Å². The Labute approximate surface area is 115 Å². The lowest BCUT2D eigenvalue weighted by molar-refractivity contribution is -0.141. The minimum atomic E-state index is -0.203. The fraction of sp³-hybridized carbons (Fsp3) is 0.533. The number of carbonyl (C=O) groups excluding carboxylic acids is 1. The summed E-state index contributed by atoms with van der Waals surface area (Å²) in [7, 11) is 3.32. The third kappa shape index (κ3) is 5.30. The van der Waals surface area contributed by atoms with Gasteiger partial charge in [-0.2, -0.15) is 0 Å². The van der Waals surface area contributed by atoms with Crippen LogP contribution in [0.5, 0.6) is 5.75 Å². The summed E-state index contributed by atoms with van der Waals surface area (Å²) in [5, 5.41) is 0. The molecule has 0 saturated carbocycles. The van der Waals surface area contributed by atoms with Gasteiger partial charge in [-0.05, 0) is 44.5 Å². The first-order chi connectivity index (χ1) is 9.06. The Morgan fingerprint density at radius 1 is 1.37 bits per heavy atom. The van der Waals surface area contributed by atoms with Gasteiger partial charge in [-0.15, -0.1) is 0 Å². The smallest absolute Gasteiger partial charge is 0.319 e. The molecule has 4 nitrogen and oxygen atoms in total. The van der Waals surface area contributed by atoms with Crippen LogP contribution in [-0.4, -0.2) is 44.7 Å². The standard InChI is InChI=1S/C15H23NO3/c1-5-19-14-7-6-13(10-12(14)2)8-9-16(3)11-15(17)18-4/h6-7,10H,5,8-9,11H2,1-4H3. The van der Waals surface area contributed by atoms with Gasteiger partial charge in [-0.25, -0.2) is 0 Å². The molecule has 0 aliphatic heterocycles. The van der Waals surface area contributed by atoms with E-state index in [2.05, 4.69) is 16.9 Å². The molecule has 106 valence electrons. The van der Waals surface area contributed by atoms with Crippen molar-refractivity contribution in [1.29, 1.82) is 0 Å². The zero-order valence-electron chi connectivity index (χ0n) is 12.2. The number of likely N-dealkylation sites (N-methyl/N-ethyl adjacent to an activating group) is 1. The number of ether oxygens (including phenoxy) is 2. The Bertz CT molecular complexity index is 418. The molecule has 0 atom stereocenters. The van der Waals surface area contributed by atoms with E-state index in [9.17, 15) is 4.79 Å². The van der Waals surface area contributed by atoms with E-state index in [1.807, 2.05) is 31.9 Å². The molecule has 1 aromatic rings. The number of methoxy groups -OCH3 is 1. The fourth-order valence-electron chi connectivity index (χ4n) is 1.87. The Kier molecular flexibility index (Phi) is 6.36. The quantitative estimate of drug-likeness (QED) is 0.707. The van der Waals surface area contributed by atoms with Gasteiger partial charge in [0.05, 0.1) is 20.3 Å². The molecule has 0 unspecified atom stereocenters. The molecule has 0 aliphatic carbocycles. The Hall–Kier alpha value is -1.55. The van der Waals surface area contributed by atoms with E-state index in [1.54, 1.807) is 0 Å². The number of esters is 1. The number of benzene rings is 1. The maximum absolute atomic E-state index is 11.1. The lowest BCUT2D eigenvalue weighted by Gasteiger charge is -2.15. The summed E-state index contributed by atoms with van der Waals surface area (Å²) in [6, 6.07) is 6.22. The lowest BCUT2D eigenvalue weighted by atomic mass is 10.1. The first-order valence-electron chi connectivity index (χ1n) is 6.54. The normalized spacial score (nSPS) is 10.6. The minimum absolute atomic E-state index is 0.203. The summed E-state index contributed by atoms with van der Waals surface area (Å²) in [5.74, 6) is 0.736. The molecule has 1 aromatic carbocycles. The molecule has 1 rings (SSSR count). The number of carbonyl (C=O) groups is 1. The van der Waals surface area contributed by atoms with Crippen molar-refractivity contribution in [3.8, 4) is 5.75 Å². The molecular weight excluding hydrogens is 242 g/mol. The van der Waals surface area contributed by atoms with Gasteiger partial charge in [0.25, 0.3) is 0 Å². The van der Waals surface area contributed by atoms with Crippen LogP contribution in [0.2, 0.25) is 0 Å². The van der Waals surface area contributed by atoms with Gasteiger partial charge in [-0.1, -0.05) is 12.1 Å². The Balaban J connectivity index is 2.49. The number of hydrogen-bond donors (Lipinski definition) is 0. The largest absolute Gasteiger partial charge is 0.494 e. The van der Waals surface area contributed by atoms with Gasteiger partial charge in [0.15, 0.2) is 0 Å². The van der Waals surface area contributed by atoms with Crippen molar-refractivity contribution in [1.82, 2.24) is 4.90 Å². The lowest BCUT2D eigenvalue weighted by Crippen LogP contribution is -2.28. The Morgan fingerprint density at radius 2 is 2.11 bits per heavy atom. The van der Waals surface area contributed by atoms with Crippen LogP contribution in [0.15, 0.2) is 18.2 Å². The summed E-state index contributed by atoms with van der Waals surface area (Å²) in [4.78, 5) is 13.1. The number of aryl methyl sites for hydroxylation is 1. The van der Waals surface area contributed by atoms with E-state index < -0.39 is 0 Å². The van der Waals surface area contributed by atoms with Crippen LogP contribution in [0.3, 0.4) is 0 Å². The molecule has 0 amide bonds. The number of rotatable bonds is 7. The van der Waals surface area contributed by atoms with Crippen molar-refractivity contribution < 1.29 is 14.3 Å². The predicted octanol–water partition coefficient (Wildman–Crippen LogP) is 2.04. The zero-order chi connectivity index (χ0) is 14.3. The second kappa shape index (κ2) is 7.79. The summed E-state index contributed by atoms with van der Waals surface area (Å²) in [6.45, 7) is 5.86. The van der Waals surface area contributed by atoms with Crippen LogP contribution in [0.1, 0.15) is 18.1 Å². The van der Waals surface area contributed by atoms with Crippen molar-refractivity contribution >= 4 is 5.97 Å². The predicted molar refractivity (Wildman–Crippen MR) is 75.6 cm³/mol. The molecule has 0 heterocycles. The third-order valence-corrected chi connectivity index (χ3v) is 2.95. The molecule has 0 aliphatic rings. The number of hydrogen-bond acceptors (Lipinski definition) is 4. The van der Waals surface area contributed by atoms with E-state index in [0.717, 1.165) is 24.3 Å². The summed E-state index contributed by atoms with van der Waals surface area (Å²) < 4.78 is 10.2. The van der Waals surface area contributed by atoms with Gasteiger partial charge in [0, 0.05) is 6.54 Å². The van der Waals surface area contributed by atoms with Gasteiger partial charge in [0.2, 0.25) is 0 Å². The second-order valence-electron chi connectivity index (χ2n) is 4.60. The molecule has 0 radical (unpaired) electrons. The fourth-order valence-corrected chi connectivity index (χ4v) is 1.87.